The van der Waals surface area contributed by atoms with E-state index >= 15 is 0 Å². The molecule has 0 saturated heterocycles. The number of carbonyl (C=O) groups is 1. The first kappa shape index (κ1) is 14.0. The molecule has 0 spiro atoms. The van der Waals surface area contributed by atoms with E-state index in [1.165, 1.54) is 0 Å². The van der Waals surface area contributed by atoms with E-state index in [9.17, 15) is 4.79 Å². The van der Waals surface area contributed by atoms with Crippen LogP contribution >= 0.6 is 15.9 Å². The Hall–Kier alpha value is -1.10. The zero-order valence-electron chi connectivity index (χ0n) is 10.4. The molecule has 94 valence electrons. The summed E-state index contributed by atoms with van der Waals surface area (Å²) >= 11 is 3.30. The first-order chi connectivity index (χ1) is 8.01. The van der Waals surface area contributed by atoms with Crippen LogP contribution in [-0.2, 0) is 0 Å². The van der Waals surface area contributed by atoms with Crippen molar-refractivity contribution in [1.82, 2.24) is 9.88 Å². The van der Waals surface area contributed by atoms with Crippen LogP contribution in [0, 0.1) is 0 Å². The van der Waals surface area contributed by atoms with Gasteiger partial charge < -0.3 is 10.6 Å². The molecule has 1 unspecified atom stereocenters. The molecule has 1 rings (SSSR count). The lowest BCUT2D eigenvalue weighted by Gasteiger charge is -2.27. The maximum Gasteiger partial charge on any atom is 0.257 e. The van der Waals surface area contributed by atoms with Crippen LogP contribution in [0.1, 0.15) is 37.6 Å². The summed E-state index contributed by atoms with van der Waals surface area (Å²) < 4.78 is 0.759. The van der Waals surface area contributed by atoms with E-state index in [-0.39, 0.29) is 17.8 Å². The lowest BCUT2D eigenvalue weighted by Crippen LogP contribution is -2.38. The summed E-state index contributed by atoms with van der Waals surface area (Å²) in [4.78, 5) is 18.1. The molecule has 1 aromatic rings. The van der Waals surface area contributed by atoms with Crippen LogP contribution in [0.2, 0.25) is 0 Å². The first-order valence-corrected chi connectivity index (χ1v) is 6.52. The molecule has 0 saturated carbocycles. The second-order valence-electron chi connectivity index (χ2n) is 3.93. The maximum absolute atomic E-state index is 12.3. The molecule has 1 heterocycles. The first-order valence-electron chi connectivity index (χ1n) is 5.73. The van der Waals surface area contributed by atoms with Gasteiger partial charge in [-0.05, 0) is 42.3 Å². The number of carbonyl (C=O) groups excluding carboxylic acids is 1. The fourth-order valence-electron chi connectivity index (χ4n) is 1.65. The van der Waals surface area contributed by atoms with Gasteiger partial charge in [-0.1, -0.05) is 6.92 Å². The third-order valence-corrected chi connectivity index (χ3v) is 3.27. The average molecular weight is 300 g/mol. The molecule has 0 fully saturated rings. The Morgan fingerprint density at radius 1 is 1.59 bits per heavy atom. The number of hydrogen-bond acceptors (Lipinski definition) is 3. The molecular formula is C12H18BrN3O. The Morgan fingerprint density at radius 2 is 2.24 bits per heavy atom. The van der Waals surface area contributed by atoms with Gasteiger partial charge >= 0.3 is 0 Å². The van der Waals surface area contributed by atoms with E-state index in [0.717, 1.165) is 10.9 Å². The second kappa shape index (κ2) is 6.00. The van der Waals surface area contributed by atoms with Crippen LogP contribution in [0.25, 0.3) is 0 Å². The molecule has 1 aromatic heterocycles. The summed E-state index contributed by atoms with van der Waals surface area (Å²) in [5.41, 5.74) is 6.20. The monoisotopic (exact) mass is 299 g/mol. The Labute approximate surface area is 110 Å². The number of anilines is 1. The average Bonchev–Trinajstić information content (AvgIpc) is 2.32. The van der Waals surface area contributed by atoms with Gasteiger partial charge in [0.1, 0.15) is 5.82 Å². The summed E-state index contributed by atoms with van der Waals surface area (Å²) in [6.45, 7) is 6.72. The number of halogens is 1. The van der Waals surface area contributed by atoms with Crippen molar-refractivity contribution in [3.8, 4) is 0 Å². The molecule has 4 nitrogen and oxygen atoms in total. The van der Waals surface area contributed by atoms with Crippen LogP contribution in [-0.4, -0.2) is 28.4 Å². The lowest BCUT2D eigenvalue weighted by molar-refractivity contribution is 0.0700. The zero-order chi connectivity index (χ0) is 13.0. The minimum absolute atomic E-state index is 0.0619. The van der Waals surface area contributed by atoms with Gasteiger partial charge in [-0.15, -0.1) is 0 Å². The fourth-order valence-corrected chi connectivity index (χ4v) is 1.98. The normalized spacial score (nSPS) is 12.2. The van der Waals surface area contributed by atoms with Gasteiger partial charge in [-0.3, -0.25) is 4.79 Å². The van der Waals surface area contributed by atoms with Crippen molar-refractivity contribution in [3.63, 3.8) is 0 Å². The van der Waals surface area contributed by atoms with Crippen LogP contribution in [0.15, 0.2) is 16.7 Å². The molecule has 0 bridgehead atoms. The largest absolute Gasteiger partial charge is 0.383 e. The molecule has 0 aromatic carbocycles. The standard InChI is InChI=1S/C12H18BrN3O/c1-4-8(3)16(5-2)12(17)10-6-9(13)7-15-11(10)14/h6-8H,4-5H2,1-3H3,(H2,14,15). The Kier molecular flexibility index (Phi) is 4.93. The third-order valence-electron chi connectivity index (χ3n) is 2.84. The highest BCUT2D eigenvalue weighted by atomic mass is 79.9. The summed E-state index contributed by atoms with van der Waals surface area (Å²) in [6.07, 6.45) is 2.51. The predicted molar refractivity (Wildman–Crippen MR) is 72.8 cm³/mol. The van der Waals surface area contributed by atoms with Gasteiger partial charge in [0.05, 0.1) is 5.56 Å². The summed E-state index contributed by atoms with van der Waals surface area (Å²) in [6, 6.07) is 1.92. The number of nitrogens with zero attached hydrogens (tertiary/aromatic N) is 2. The highest BCUT2D eigenvalue weighted by Crippen LogP contribution is 2.19. The topological polar surface area (TPSA) is 59.2 Å². The SMILES string of the molecule is CCC(C)N(CC)C(=O)c1cc(Br)cnc1N. The number of nitrogens with two attached hydrogens (primary N) is 1. The molecule has 0 aliphatic rings. The van der Waals surface area contributed by atoms with E-state index in [4.69, 9.17) is 5.73 Å². The number of rotatable bonds is 4. The highest BCUT2D eigenvalue weighted by molar-refractivity contribution is 9.10. The Morgan fingerprint density at radius 3 is 2.76 bits per heavy atom. The number of hydrogen-bond donors (Lipinski definition) is 1. The van der Waals surface area contributed by atoms with Crippen LogP contribution in [0.4, 0.5) is 5.82 Å². The highest BCUT2D eigenvalue weighted by Gasteiger charge is 2.21. The number of pyridine rings is 1. The molecule has 0 aliphatic carbocycles. The summed E-state index contributed by atoms with van der Waals surface area (Å²) in [5.74, 6) is 0.216. The van der Waals surface area contributed by atoms with E-state index in [0.29, 0.717) is 12.1 Å². The van der Waals surface area contributed by atoms with Gasteiger partial charge in [0, 0.05) is 23.3 Å². The molecule has 2 N–H and O–H groups in total. The van der Waals surface area contributed by atoms with E-state index in [1.54, 1.807) is 17.2 Å². The fraction of sp³-hybridized carbons (Fsp3) is 0.500. The van der Waals surface area contributed by atoms with Crippen LogP contribution in [0.5, 0.6) is 0 Å². The third kappa shape index (κ3) is 3.19. The van der Waals surface area contributed by atoms with Crippen molar-refractivity contribution < 1.29 is 4.79 Å². The maximum atomic E-state index is 12.3. The van der Waals surface area contributed by atoms with Crippen molar-refractivity contribution in [1.29, 1.82) is 0 Å². The summed E-state index contributed by atoms with van der Waals surface area (Å²) in [7, 11) is 0. The molecule has 0 aliphatic heterocycles. The van der Waals surface area contributed by atoms with Crippen molar-refractivity contribution in [2.24, 2.45) is 0 Å². The molecule has 5 heteroatoms. The Bertz CT molecular complexity index is 409. The van der Waals surface area contributed by atoms with Crippen LogP contribution < -0.4 is 5.73 Å². The van der Waals surface area contributed by atoms with Crippen molar-refractivity contribution in [3.05, 3.63) is 22.3 Å². The van der Waals surface area contributed by atoms with E-state index in [2.05, 4.69) is 27.8 Å². The van der Waals surface area contributed by atoms with Gasteiger partial charge in [-0.25, -0.2) is 4.98 Å². The van der Waals surface area contributed by atoms with Gasteiger partial charge in [0.15, 0.2) is 0 Å². The van der Waals surface area contributed by atoms with Crippen molar-refractivity contribution in [2.75, 3.05) is 12.3 Å². The summed E-state index contributed by atoms with van der Waals surface area (Å²) in [5, 5.41) is 0. The number of aromatic nitrogens is 1. The minimum Gasteiger partial charge on any atom is -0.383 e. The zero-order valence-corrected chi connectivity index (χ0v) is 12.0. The number of nitrogen functional groups attached to an aromatic ring is 1. The van der Waals surface area contributed by atoms with Gasteiger partial charge in [-0.2, -0.15) is 0 Å². The molecule has 17 heavy (non-hydrogen) atoms. The molecule has 1 atom stereocenters. The smallest absolute Gasteiger partial charge is 0.257 e. The lowest BCUT2D eigenvalue weighted by atomic mass is 10.1. The number of amides is 1. The van der Waals surface area contributed by atoms with Gasteiger partial charge in [0.2, 0.25) is 0 Å². The van der Waals surface area contributed by atoms with E-state index in [1.807, 2.05) is 13.8 Å². The minimum atomic E-state index is -0.0619. The van der Waals surface area contributed by atoms with Crippen molar-refractivity contribution >= 4 is 27.7 Å². The Balaban J connectivity index is 3.05. The predicted octanol–water partition coefficient (Wildman–Crippen LogP) is 2.69. The quantitative estimate of drug-likeness (QED) is 0.930. The van der Waals surface area contributed by atoms with E-state index < -0.39 is 0 Å². The van der Waals surface area contributed by atoms with Gasteiger partial charge in [0.25, 0.3) is 5.91 Å². The second-order valence-corrected chi connectivity index (χ2v) is 4.85. The molecule has 0 radical (unpaired) electrons. The molecule has 1 amide bonds. The van der Waals surface area contributed by atoms with Crippen LogP contribution in [0.3, 0.4) is 0 Å². The molecular weight excluding hydrogens is 282 g/mol. The van der Waals surface area contributed by atoms with Crippen molar-refractivity contribution in [2.45, 2.75) is 33.2 Å².